The number of fused-ring (bicyclic) bond motifs is 1. The standard InChI is InChI=1S/C23H28N2O2/c1-4-19-15-16-21-23(18-11-7-6-8-12-18)20(17(3)24-25(19)21)13-9-10-14-22(26)27-5-2/h6-8,11-12,15-16H,4-5,9-10,13-14H2,1-3H3. The molecule has 1 aromatic carbocycles. The summed E-state index contributed by atoms with van der Waals surface area (Å²) in [6.45, 7) is 6.54. The minimum atomic E-state index is -0.106. The molecule has 0 aliphatic rings. The van der Waals surface area contributed by atoms with Gasteiger partial charge in [-0.1, -0.05) is 37.3 Å². The number of aromatic nitrogens is 2. The minimum absolute atomic E-state index is 0.106. The van der Waals surface area contributed by atoms with E-state index in [9.17, 15) is 4.79 Å². The molecular weight excluding hydrogens is 336 g/mol. The third-order valence-corrected chi connectivity index (χ3v) is 4.97. The Morgan fingerprint density at radius 1 is 1.07 bits per heavy atom. The Bertz CT molecular complexity index is 913. The van der Waals surface area contributed by atoms with E-state index in [1.54, 1.807) is 0 Å². The molecule has 0 aliphatic heterocycles. The largest absolute Gasteiger partial charge is 0.466 e. The minimum Gasteiger partial charge on any atom is -0.466 e. The van der Waals surface area contributed by atoms with Crippen LogP contribution in [0.2, 0.25) is 0 Å². The zero-order valence-electron chi connectivity index (χ0n) is 16.5. The normalized spacial score (nSPS) is 11.1. The van der Waals surface area contributed by atoms with Crippen molar-refractivity contribution >= 4 is 11.5 Å². The molecule has 0 saturated carbocycles. The van der Waals surface area contributed by atoms with Crippen molar-refractivity contribution in [2.75, 3.05) is 6.61 Å². The Balaban J connectivity index is 1.94. The molecule has 27 heavy (non-hydrogen) atoms. The van der Waals surface area contributed by atoms with Gasteiger partial charge in [-0.05, 0) is 62.8 Å². The molecule has 0 aliphatic carbocycles. The Labute approximate surface area is 161 Å². The van der Waals surface area contributed by atoms with Crippen molar-refractivity contribution in [2.24, 2.45) is 0 Å². The van der Waals surface area contributed by atoms with Crippen LogP contribution in [0.25, 0.3) is 16.6 Å². The Morgan fingerprint density at radius 2 is 1.85 bits per heavy atom. The van der Waals surface area contributed by atoms with Gasteiger partial charge in [0.1, 0.15) is 0 Å². The fourth-order valence-corrected chi connectivity index (χ4v) is 3.63. The van der Waals surface area contributed by atoms with E-state index in [1.807, 2.05) is 13.0 Å². The fraction of sp³-hybridized carbons (Fsp3) is 0.391. The van der Waals surface area contributed by atoms with Crippen LogP contribution in [0.1, 0.15) is 50.1 Å². The van der Waals surface area contributed by atoms with Crippen molar-refractivity contribution in [3.63, 3.8) is 0 Å². The van der Waals surface area contributed by atoms with Gasteiger partial charge in [0, 0.05) is 17.7 Å². The highest BCUT2D eigenvalue weighted by Gasteiger charge is 2.16. The molecule has 0 saturated heterocycles. The third-order valence-electron chi connectivity index (χ3n) is 4.97. The number of hydrogen-bond acceptors (Lipinski definition) is 3. The van der Waals surface area contributed by atoms with Gasteiger partial charge in [0.15, 0.2) is 0 Å². The van der Waals surface area contributed by atoms with Gasteiger partial charge in [-0.15, -0.1) is 0 Å². The first kappa shape index (κ1) is 19.2. The average Bonchev–Trinajstić information content (AvgIpc) is 3.08. The van der Waals surface area contributed by atoms with Gasteiger partial charge in [-0.2, -0.15) is 5.10 Å². The molecule has 2 heterocycles. The van der Waals surface area contributed by atoms with Gasteiger partial charge in [-0.3, -0.25) is 4.79 Å². The van der Waals surface area contributed by atoms with Crippen molar-refractivity contribution < 1.29 is 9.53 Å². The molecule has 4 nitrogen and oxygen atoms in total. The van der Waals surface area contributed by atoms with Crippen molar-refractivity contribution in [3.8, 4) is 11.1 Å². The number of hydrogen-bond donors (Lipinski definition) is 0. The molecule has 4 heteroatoms. The van der Waals surface area contributed by atoms with Gasteiger partial charge in [-0.25, -0.2) is 4.52 Å². The topological polar surface area (TPSA) is 43.6 Å². The first-order valence-corrected chi connectivity index (χ1v) is 9.86. The second-order valence-electron chi connectivity index (χ2n) is 6.79. The first-order valence-electron chi connectivity index (χ1n) is 9.86. The van der Waals surface area contributed by atoms with Gasteiger partial charge in [0.25, 0.3) is 0 Å². The summed E-state index contributed by atoms with van der Waals surface area (Å²) in [6.07, 6.45) is 4.12. The lowest BCUT2D eigenvalue weighted by Crippen LogP contribution is -2.07. The number of carbonyl (C=O) groups is 1. The van der Waals surface area contributed by atoms with Crippen LogP contribution in [0.15, 0.2) is 42.5 Å². The van der Waals surface area contributed by atoms with Gasteiger partial charge in [0.05, 0.1) is 17.8 Å². The predicted molar refractivity (Wildman–Crippen MR) is 109 cm³/mol. The molecule has 0 unspecified atom stereocenters. The number of carbonyl (C=O) groups excluding carboxylic acids is 1. The Morgan fingerprint density at radius 3 is 2.56 bits per heavy atom. The number of unbranched alkanes of at least 4 members (excludes halogenated alkanes) is 1. The number of aryl methyl sites for hydroxylation is 2. The molecule has 0 N–H and O–H groups in total. The molecule has 0 atom stereocenters. The molecule has 3 aromatic rings. The maximum absolute atomic E-state index is 11.6. The number of esters is 1. The maximum atomic E-state index is 11.6. The second kappa shape index (κ2) is 8.85. The lowest BCUT2D eigenvalue weighted by Gasteiger charge is -2.16. The van der Waals surface area contributed by atoms with Crippen LogP contribution in [0.5, 0.6) is 0 Å². The SMILES string of the molecule is CCOC(=O)CCCCc1c(C)nn2c(CC)ccc2c1-c1ccccc1. The number of ether oxygens (including phenoxy) is 1. The lowest BCUT2D eigenvalue weighted by atomic mass is 9.95. The zero-order valence-corrected chi connectivity index (χ0v) is 16.5. The molecule has 0 radical (unpaired) electrons. The quantitative estimate of drug-likeness (QED) is 0.410. The van der Waals surface area contributed by atoms with Crippen LogP contribution in [-0.2, 0) is 22.4 Å². The van der Waals surface area contributed by atoms with E-state index in [0.29, 0.717) is 13.0 Å². The molecule has 0 bridgehead atoms. The second-order valence-corrected chi connectivity index (χ2v) is 6.79. The van der Waals surface area contributed by atoms with E-state index in [4.69, 9.17) is 9.84 Å². The summed E-state index contributed by atoms with van der Waals surface area (Å²) in [5.74, 6) is -0.106. The maximum Gasteiger partial charge on any atom is 0.305 e. The van der Waals surface area contributed by atoms with Crippen molar-refractivity contribution in [1.82, 2.24) is 9.61 Å². The van der Waals surface area contributed by atoms with Gasteiger partial charge in [0.2, 0.25) is 0 Å². The Kier molecular flexibility index (Phi) is 6.28. The van der Waals surface area contributed by atoms with Gasteiger partial charge >= 0.3 is 5.97 Å². The summed E-state index contributed by atoms with van der Waals surface area (Å²) in [5, 5.41) is 4.86. The van der Waals surface area contributed by atoms with E-state index >= 15 is 0 Å². The molecule has 3 rings (SSSR count). The smallest absolute Gasteiger partial charge is 0.305 e. The first-order chi connectivity index (χ1) is 13.2. The van der Waals surface area contributed by atoms with Crippen molar-refractivity contribution in [3.05, 3.63) is 59.4 Å². The molecular formula is C23H28N2O2. The summed E-state index contributed by atoms with van der Waals surface area (Å²) in [4.78, 5) is 11.6. The number of rotatable bonds is 8. The lowest BCUT2D eigenvalue weighted by molar-refractivity contribution is -0.143. The molecule has 142 valence electrons. The third kappa shape index (κ3) is 4.21. The number of nitrogens with zero attached hydrogens (tertiary/aromatic N) is 2. The molecule has 0 amide bonds. The molecule has 0 spiro atoms. The zero-order chi connectivity index (χ0) is 19.2. The van der Waals surface area contributed by atoms with Crippen LogP contribution >= 0.6 is 0 Å². The Hall–Kier alpha value is -2.62. The summed E-state index contributed by atoms with van der Waals surface area (Å²) < 4.78 is 7.11. The van der Waals surface area contributed by atoms with Crippen LogP contribution in [0.3, 0.4) is 0 Å². The van der Waals surface area contributed by atoms with Crippen molar-refractivity contribution in [1.29, 1.82) is 0 Å². The van der Waals surface area contributed by atoms with E-state index in [2.05, 4.69) is 54.8 Å². The monoisotopic (exact) mass is 364 g/mol. The predicted octanol–water partition coefficient (Wildman–Crippen LogP) is 5.15. The van der Waals surface area contributed by atoms with E-state index in [0.717, 1.165) is 36.9 Å². The number of benzene rings is 1. The van der Waals surface area contributed by atoms with Crippen LogP contribution < -0.4 is 0 Å². The van der Waals surface area contributed by atoms with Crippen molar-refractivity contribution in [2.45, 2.75) is 52.9 Å². The summed E-state index contributed by atoms with van der Waals surface area (Å²) >= 11 is 0. The van der Waals surface area contributed by atoms with E-state index in [1.165, 1.54) is 22.4 Å². The average molecular weight is 364 g/mol. The van der Waals surface area contributed by atoms with Crippen LogP contribution in [0, 0.1) is 6.92 Å². The summed E-state index contributed by atoms with van der Waals surface area (Å²) in [7, 11) is 0. The van der Waals surface area contributed by atoms with Crippen LogP contribution in [-0.4, -0.2) is 22.2 Å². The molecule has 2 aromatic heterocycles. The van der Waals surface area contributed by atoms with E-state index in [-0.39, 0.29) is 5.97 Å². The van der Waals surface area contributed by atoms with Gasteiger partial charge < -0.3 is 4.74 Å². The summed E-state index contributed by atoms with van der Waals surface area (Å²) in [5.41, 5.74) is 7.19. The van der Waals surface area contributed by atoms with Crippen LogP contribution in [0.4, 0.5) is 0 Å². The highest BCUT2D eigenvalue weighted by atomic mass is 16.5. The highest BCUT2D eigenvalue weighted by molar-refractivity contribution is 5.83. The highest BCUT2D eigenvalue weighted by Crippen LogP contribution is 2.32. The summed E-state index contributed by atoms with van der Waals surface area (Å²) in [6, 6.07) is 14.9. The molecule has 0 fully saturated rings. The fourth-order valence-electron chi connectivity index (χ4n) is 3.63. The van der Waals surface area contributed by atoms with E-state index < -0.39 is 0 Å².